The van der Waals surface area contributed by atoms with E-state index in [0.717, 1.165) is 4.88 Å². The predicted molar refractivity (Wildman–Crippen MR) is 60.6 cm³/mol. The molecule has 1 saturated carbocycles. The molecule has 1 fully saturated rings. The highest BCUT2D eigenvalue weighted by atomic mass is 35.5. The van der Waals surface area contributed by atoms with Crippen molar-refractivity contribution >= 4 is 34.5 Å². The van der Waals surface area contributed by atoms with Gasteiger partial charge in [-0.1, -0.05) is 11.6 Å². The highest BCUT2D eigenvalue weighted by Gasteiger charge is 2.26. The monoisotopic (exact) mass is 242 g/mol. The van der Waals surface area contributed by atoms with Gasteiger partial charge in [-0.2, -0.15) is 0 Å². The summed E-state index contributed by atoms with van der Waals surface area (Å²) in [5.74, 6) is 0.458. The lowest BCUT2D eigenvalue weighted by atomic mass is 9.85. The second-order valence-electron chi connectivity index (χ2n) is 3.78. The minimum absolute atomic E-state index is 0.0254. The topological polar surface area (TPSA) is 34.1 Å². The molecule has 1 aromatic heterocycles. The van der Waals surface area contributed by atoms with Crippen LogP contribution in [0.15, 0.2) is 12.1 Å². The molecule has 0 saturated heterocycles. The van der Waals surface area contributed by atoms with E-state index in [4.69, 9.17) is 11.6 Å². The van der Waals surface area contributed by atoms with Crippen LogP contribution in [0.3, 0.4) is 0 Å². The number of carbonyl (C=O) groups excluding carboxylic acids is 2. The molecule has 15 heavy (non-hydrogen) atoms. The molecule has 0 unspecified atom stereocenters. The molecule has 0 atom stereocenters. The van der Waals surface area contributed by atoms with Crippen LogP contribution in [0.5, 0.6) is 0 Å². The van der Waals surface area contributed by atoms with Crippen LogP contribution in [0, 0.1) is 5.92 Å². The summed E-state index contributed by atoms with van der Waals surface area (Å²) in [6, 6.07) is 3.51. The first-order chi connectivity index (χ1) is 7.16. The third kappa shape index (κ3) is 2.47. The number of carbonyl (C=O) groups is 2. The van der Waals surface area contributed by atoms with Crippen molar-refractivity contribution in [1.29, 1.82) is 0 Å². The Balaban J connectivity index is 2.05. The van der Waals surface area contributed by atoms with Gasteiger partial charge in [0.25, 0.3) is 0 Å². The van der Waals surface area contributed by atoms with Crippen LogP contribution in [0.1, 0.15) is 35.4 Å². The standard InChI is InChI=1S/C11H11ClO2S/c12-10-6-5-9(15-10)11(14)7-1-3-8(13)4-2-7/h5-7H,1-4H2. The Kier molecular flexibility index (Phi) is 3.22. The molecule has 0 aromatic carbocycles. The van der Waals surface area contributed by atoms with E-state index in [1.165, 1.54) is 11.3 Å². The van der Waals surface area contributed by atoms with Crippen LogP contribution >= 0.6 is 22.9 Å². The molecular weight excluding hydrogens is 232 g/mol. The van der Waals surface area contributed by atoms with Gasteiger partial charge in [0.05, 0.1) is 9.21 Å². The average molecular weight is 243 g/mol. The highest BCUT2D eigenvalue weighted by molar-refractivity contribution is 7.18. The molecule has 0 aliphatic heterocycles. The first kappa shape index (κ1) is 10.8. The summed E-state index contributed by atoms with van der Waals surface area (Å²) in [6.45, 7) is 0. The van der Waals surface area contributed by atoms with Crippen LogP contribution in [-0.2, 0) is 4.79 Å². The number of hydrogen-bond donors (Lipinski definition) is 0. The third-order valence-corrected chi connectivity index (χ3v) is 3.98. The molecule has 0 amide bonds. The van der Waals surface area contributed by atoms with Gasteiger partial charge in [0.15, 0.2) is 5.78 Å². The Hall–Kier alpha value is -0.670. The summed E-state index contributed by atoms with van der Waals surface area (Å²) in [4.78, 5) is 23.7. The molecule has 2 rings (SSSR count). The fraction of sp³-hybridized carbons (Fsp3) is 0.455. The first-order valence-electron chi connectivity index (χ1n) is 4.98. The fourth-order valence-corrected chi connectivity index (χ4v) is 2.91. The third-order valence-electron chi connectivity index (χ3n) is 2.73. The first-order valence-corrected chi connectivity index (χ1v) is 6.17. The molecule has 1 aliphatic rings. The molecule has 80 valence electrons. The summed E-state index contributed by atoms with van der Waals surface area (Å²) in [6.07, 6.45) is 2.51. The summed E-state index contributed by atoms with van der Waals surface area (Å²) < 4.78 is 0.644. The molecule has 1 aromatic rings. The Bertz CT molecular complexity index is 387. The van der Waals surface area contributed by atoms with Gasteiger partial charge in [-0.05, 0) is 25.0 Å². The zero-order chi connectivity index (χ0) is 10.8. The zero-order valence-corrected chi connectivity index (χ0v) is 9.74. The van der Waals surface area contributed by atoms with E-state index < -0.39 is 0 Å². The van der Waals surface area contributed by atoms with Crippen LogP contribution in [0.2, 0.25) is 4.34 Å². The van der Waals surface area contributed by atoms with Crippen molar-refractivity contribution in [3.63, 3.8) is 0 Å². The molecule has 1 heterocycles. The van der Waals surface area contributed by atoms with E-state index in [2.05, 4.69) is 0 Å². The number of Topliss-reactive ketones (excluding diaryl/α,β-unsaturated/α-hetero) is 2. The second kappa shape index (κ2) is 4.45. The van der Waals surface area contributed by atoms with E-state index in [1.54, 1.807) is 12.1 Å². The van der Waals surface area contributed by atoms with Gasteiger partial charge in [0.2, 0.25) is 0 Å². The lowest BCUT2D eigenvalue weighted by Crippen LogP contribution is -2.21. The number of rotatable bonds is 2. The molecule has 4 heteroatoms. The molecule has 1 aliphatic carbocycles. The SMILES string of the molecule is O=C1CCC(C(=O)c2ccc(Cl)s2)CC1. The molecule has 0 bridgehead atoms. The smallest absolute Gasteiger partial charge is 0.175 e. The average Bonchev–Trinajstić information content (AvgIpc) is 2.65. The van der Waals surface area contributed by atoms with Crippen molar-refractivity contribution in [2.24, 2.45) is 5.92 Å². The van der Waals surface area contributed by atoms with E-state index in [9.17, 15) is 9.59 Å². The normalized spacial score (nSPS) is 18.1. The number of ketones is 2. The van der Waals surface area contributed by atoms with Gasteiger partial charge in [0, 0.05) is 18.8 Å². The minimum Gasteiger partial charge on any atom is -0.300 e. The van der Waals surface area contributed by atoms with Gasteiger partial charge < -0.3 is 0 Å². The van der Waals surface area contributed by atoms with Crippen molar-refractivity contribution in [2.45, 2.75) is 25.7 Å². The quantitative estimate of drug-likeness (QED) is 0.746. The number of hydrogen-bond acceptors (Lipinski definition) is 3. The van der Waals surface area contributed by atoms with Gasteiger partial charge in [-0.25, -0.2) is 0 Å². The molecule has 0 spiro atoms. The van der Waals surface area contributed by atoms with Crippen molar-refractivity contribution in [3.8, 4) is 0 Å². The second-order valence-corrected chi connectivity index (χ2v) is 5.50. The van der Waals surface area contributed by atoms with E-state index >= 15 is 0 Å². The maximum Gasteiger partial charge on any atom is 0.175 e. The minimum atomic E-state index is 0.0254. The summed E-state index contributed by atoms with van der Waals surface area (Å²) >= 11 is 7.10. The van der Waals surface area contributed by atoms with Crippen LogP contribution in [0.25, 0.3) is 0 Å². The Labute approximate surface area is 97.2 Å². The lowest BCUT2D eigenvalue weighted by Gasteiger charge is -2.18. The van der Waals surface area contributed by atoms with E-state index in [1.807, 2.05) is 0 Å². The summed E-state index contributed by atoms with van der Waals surface area (Å²) in [7, 11) is 0. The van der Waals surface area contributed by atoms with Gasteiger partial charge in [-0.3, -0.25) is 9.59 Å². The number of thiophene rings is 1. The molecule has 0 N–H and O–H groups in total. The van der Waals surface area contributed by atoms with Crippen molar-refractivity contribution in [1.82, 2.24) is 0 Å². The van der Waals surface area contributed by atoms with Crippen molar-refractivity contribution in [2.75, 3.05) is 0 Å². The summed E-state index contributed by atoms with van der Waals surface area (Å²) in [5, 5.41) is 0. The van der Waals surface area contributed by atoms with Crippen molar-refractivity contribution < 1.29 is 9.59 Å². The van der Waals surface area contributed by atoms with Crippen LogP contribution in [-0.4, -0.2) is 11.6 Å². The summed E-state index contributed by atoms with van der Waals surface area (Å²) in [5.41, 5.74) is 0. The largest absolute Gasteiger partial charge is 0.300 e. The predicted octanol–water partition coefficient (Wildman–Crippen LogP) is 3.34. The zero-order valence-electron chi connectivity index (χ0n) is 8.16. The molecule has 0 radical (unpaired) electrons. The lowest BCUT2D eigenvalue weighted by molar-refractivity contribution is -0.120. The van der Waals surface area contributed by atoms with Gasteiger partial charge in [-0.15, -0.1) is 11.3 Å². The Morgan fingerprint density at radius 3 is 2.53 bits per heavy atom. The van der Waals surface area contributed by atoms with E-state index in [0.29, 0.717) is 30.0 Å². The molecule has 2 nitrogen and oxygen atoms in total. The van der Waals surface area contributed by atoms with Crippen LogP contribution in [0.4, 0.5) is 0 Å². The Morgan fingerprint density at radius 1 is 1.33 bits per heavy atom. The van der Waals surface area contributed by atoms with Crippen LogP contribution < -0.4 is 0 Å². The fourth-order valence-electron chi connectivity index (χ4n) is 1.85. The highest BCUT2D eigenvalue weighted by Crippen LogP contribution is 2.29. The van der Waals surface area contributed by atoms with Gasteiger partial charge in [0.1, 0.15) is 5.78 Å². The number of halogens is 1. The van der Waals surface area contributed by atoms with Crippen molar-refractivity contribution in [3.05, 3.63) is 21.3 Å². The maximum atomic E-state index is 12.0. The maximum absolute atomic E-state index is 12.0. The Morgan fingerprint density at radius 2 is 2.00 bits per heavy atom. The van der Waals surface area contributed by atoms with Gasteiger partial charge >= 0.3 is 0 Å². The molecular formula is C11H11ClO2S. The van der Waals surface area contributed by atoms with E-state index in [-0.39, 0.29) is 17.5 Å².